The van der Waals surface area contributed by atoms with E-state index >= 15 is 0 Å². The molecular weight excluding hydrogens is 274 g/mol. The van der Waals surface area contributed by atoms with Crippen molar-refractivity contribution < 1.29 is 9.53 Å². The maximum absolute atomic E-state index is 12.8. The quantitative estimate of drug-likeness (QED) is 0.843. The zero-order chi connectivity index (χ0) is 14.6. The first-order valence-corrected chi connectivity index (χ1v) is 6.99. The number of carbonyl (C=O) groups is 1. The Labute approximate surface area is 124 Å². The van der Waals surface area contributed by atoms with Crippen molar-refractivity contribution in [2.75, 3.05) is 20.3 Å². The summed E-state index contributed by atoms with van der Waals surface area (Å²) in [6.07, 6.45) is 4.54. The maximum Gasteiger partial charge on any atom is 0.235 e. The highest BCUT2D eigenvalue weighted by Crippen LogP contribution is 2.33. The van der Waals surface area contributed by atoms with Crippen molar-refractivity contribution in [3.8, 4) is 0 Å². The summed E-state index contributed by atoms with van der Waals surface area (Å²) in [7, 11) is 1.78. The molecule has 1 saturated heterocycles. The highest BCUT2D eigenvalue weighted by atomic mass is 32.1. The summed E-state index contributed by atoms with van der Waals surface area (Å²) in [4.78, 5) is 18.7. The van der Waals surface area contributed by atoms with E-state index in [-0.39, 0.29) is 10.9 Å². The first kappa shape index (κ1) is 14.9. The topological polar surface area (TPSA) is 68.5 Å². The molecule has 1 amide bonds. The van der Waals surface area contributed by atoms with E-state index in [4.69, 9.17) is 22.7 Å². The molecule has 1 fully saturated rings. The van der Waals surface area contributed by atoms with Crippen LogP contribution in [-0.2, 0) is 16.1 Å². The fourth-order valence-corrected chi connectivity index (χ4v) is 2.78. The molecule has 0 spiro atoms. The molecule has 1 aromatic heterocycles. The Balaban J connectivity index is 2.13. The first-order chi connectivity index (χ1) is 9.56. The number of nitrogens with two attached hydrogens (primary N) is 1. The van der Waals surface area contributed by atoms with Crippen LogP contribution in [0, 0.1) is 5.41 Å². The van der Waals surface area contributed by atoms with Gasteiger partial charge in [-0.3, -0.25) is 9.78 Å². The van der Waals surface area contributed by atoms with Crippen molar-refractivity contribution in [1.82, 2.24) is 9.88 Å². The minimum atomic E-state index is -0.755. The summed E-state index contributed by atoms with van der Waals surface area (Å²) in [5.74, 6) is -0.0230. The van der Waals surface area contributed by atoms with E-state index in [0.29, 0.717) is 32.6 Å². The van der Waals surface area contributed by atoms with Crippen LogP contribution >= 0.6 is 12.2 Å². The van der Waals surface area contributed by atoms with Crippen molar-refractivity contribution in [2.45, 2.75) is 19.4 Å². The van der Waals surface area contributed by atoms with Crippen molar-refractivity contribution in [3.05, 3.63) is 30.1 Å². The largest absolute Gasteiger partial charge is 0.392 e. The molecule has 5 nitrogen and oxygen atoms in total. The number of aromatic nitrogens is 1. The van der Waals surface area contributed by atoms with Crippen LogP contribution in [0.15, 0.2) is 24.5 Å². The van der Waals surface area contributed by atoms with Crippen LogP contribution in [0.2, 0.25) is 0 Å². The minimum Gasteiger partial charge on any atom is -0.392 e. The van der Waals surface area contributed by atoms with Gasteiger partial charge in [0.05, 0.1) is 4.99 Å². The highest BCUT2D eigenvalue weighted by Gasteiger charge is 2.44. The van der Waals surface area contributed by atoms with Crippen molar-refractivity contribution in [2.24, 2.45) is 11.1 Å². The number of nitrogens with zero attached hydrogens (tertiary/aromatic N) is 2. The Morgan fingerprint density at radius 1 is 1.45 bits per heavy atom. The van der Waals surface area contributed by atoms with Gasteiger partial charge in [-0.15, -0.1) is 0 Å². The molecule has 0 atom stereocenters. The molecule has 1 aliphatic rings. The van der Waals surface area contributed by atoms with Crippen LogP contribution in [0.3, 0.4) is 0 Å². The number of ether oxygens (including phenoxy) is 1. The van der Waals surface area contributed by atoms with Gasteiger partial charge in [-0.2, -0.15) is 0 Å². The monoisotopic (exact) mass is 293 g/mol. The SMILES string of the molecule is CN(Cc1ccncc1)C(=O)C1(C(N)=S)CCOCC1. The average Bonchev–Trinajstić information content (AvgIpc) is 2.48. The smallest absolute Gasteiger partial charge is 0.235 e. The number of hydrogen-bond acceptors (Lipinski definition) is 4. The fraction of sp³-hybridized carbons (Fsp3) is 0.500. The third-order valence-corrected chi connectivity index (χ3v) is 4.13. The zero-order valence-electron chi connectivity index (χ0n) is 11.5. The second kappa shape index (κ2) is 6.28. The maximum atomic E-state index is 12.8. The van der Waals surface area contributed by atoms with Crippen LogP contribution in [0.4, 0.5) is 0 Å². The van der Waals surface area contributed by atoms with Crippen molar-refractivity contribution >= 4 is 23.1 Å². The minimum absolute atomic E-state index is 0.0230. The molecule has 2 heterocycles. The lowest BCUT2D eigenvalue weighted by Crippen LogP contribution is -2.52. The Bertz CT molecular complexity index is 486. The molecule has 0 aromatic carbocycles. The number of hydrogen-bond donors (Lipinski definition) is 1. The summed E-state index contributed by atoms with van der Waals surface area (Å²) in [6.45, 7) is 1.56. The van der Waals surface area contributed by atoms with Crippen molar-refractivity contribution in [1.29, 1.82) is 0 Å². The standard InChI is InChI=1S/C14H19N3O2S/c1-17(10-11-2-6-16-7-3-11)13(18)14(12(15)20)4-8-19-9-5-14/h2-3,6-7H,4-5,8-10H2,1H3,(H2,15,20). The van der Waals surface area contributed by atoms with Crippen LogP contribution < -0.4 is 5.73 Å². The van der Waals surface area contributed by atoms with E-state index in [2.05, 4.69) is 4.98 Å². The molecule has 6 heteroatoms. The molecule has 0 aliphatic carbocycles. The molecule has 20 heavy (non-hydrogen) atoms. The molecule has 0 saturated carbocycles. The number of pyridine rings is 1. The molecule has 0 radical (unpaired) electrons. The van der Waals surface area contributed by atoms with Gasteiger partial charge in [0.1, 0.15) is 5.41 Å². The lowest BCUT2D eigenvalue weighted by molar-refractivity contribution is -0.141. The molecule has 0 unspecified atom stereocenters. The Hall–Kier alpha value is -1.53. The summed E-state index contributed by atoms with van der Waals surface area (Å²) >= 11 is 5.15. The predicted octanol–water partition coefficient (Wildman–Crippen LogP) is 1.12. The van der Waals surface area contributed by atoms with E-state index in [1.54, 1.807) is 24.3 Å². The third-order valence-electron chi connectivity index (χ3n) is 3.74. The number of thiocarbonyl (C=S) groups is 1. The molecule has 108 valence electrons. The van der Waals surface area contributed by atoms with Gasteiger partial charge in [-0.05, 0) is 30.5 Å². The van der Waals surface area contributed by atoms with Gasteiger partial charge in [0.2, 0.25) is 5.91 Å². The van der Waals surface area contributed by atoms with E-state index in [1.165, 1.54) is 0 Å². The normalized spacial score (nSPS) is 17.4. The van der Waals surface area contributed by atoms with Crippen LogP contribution in [0.1, 0.15) is 18.4 Å². The molecule has 2 N–H and O–H groups in total. The second-order valence-corrected chi connectivity index (χ2v) is 5.52. The van der Waals surface area contributed by atoms with Gasteiger partial charge in [0.25, 0.3) is 0 Å². The van der Waals surface area contributed by atoms with Gasteiger partial charge in [-0.25, -0.2) is 0 Å². The number of rotatable bonds is 4. The lowest BCUT2D eigenvalue weighted by Gasteiger charge is -2.37. The van der Waals surface area contributed by atoms with E-state index in [1.807, 2.05) is 12.1 Å². The van der Waals surface area contributed by atoms with Gasteiger partial charge < -0.3 is 15.4 Å². The number of amides is 1. The molecule has 0 bridgehead atoms. The van der Waals surface area contributed by atoms with Gasteiger partial charge in [0, 0.05) is 39.2 Å². The van der Waals surface area contributed by atoms with Gasteiger partial charge >= 0.3 is 0 Å². The second-order valence-electron chi connectivity index (χ2n) is 5.08. The summed E-state index contributed by atoms with van der Waals surface area (Å²) in [6, 6.07) is 3.78. The fourth-order valence-electron chi connectivity index (χ4n) is 2.48. The highest BCUT2D eigenvalue weighted by molar-refractivity contribution is 7.80. The van der Waals surface area contributed by atoms with Crippen molar-refractivity contribution in [3.63, 3.8) is 0 Å². The van der Waals surface area contributed by atoms with Crippen LogP contribution in [0.25, 0.3) is 0 Å². The molecular formula is C14H19N3O2S. The summed E-state index contributed by atoms with van der Waals surface area (Å²) < 4.78 is 5.33. The van der Waals surface area contributed by atoms with Gasteiger partial charge in [-0.1, -0.05) is 12.2 Å². The summed E-state index contributed by atoms with van der Waals surface area (Å²) in [5.41, 5.74) is 6.13. The Morgan fingerprint density at radius 2 is 2.05 bits per heavy atom. The lowest BCUT2D eigenvalue weighted by atomic mass is 9.78. The van der Waals surface area contributed by atoms with Crippen LogP contribution in [0.5, 0.6) is 0 Å². The Kier molecular flexibility index (Phi) is 4.67. The van der Waals surface area contributed by atoms with E-state index in [0.717, 1.165) is 5.56 Å². The van der Waals surface area contributed by atoms with Gasteiger partial charge in [0.15, 0.2) is 0 Å². The number of carbonyl (C=O) groups excluding carboxylic acids is 1. The Morgan fingerprint density at radius 3 is 2.60 bits per heavy atom. The molecule has 1 aliphatic heterocycles. The first-order valence-electron chi connectivity index (χ1n) is 6.58. The third kappa shape index (κ3) is 2.96. The van der Waals surface area contributed by atoms with Crippen LogP contribution in [-0.4, -0.2) is 41.0 Å². The predicted molar refractivity (Wildman–Crippen MR) is 80.0 cm³/mol. The summed E-state index contributed by atoms with van der Waals surface area (Å²) in [5, 5.41) is 0. The zero-order valence-corrected chi connectivity index (χ0v) is 12.4. The molecule has 2 rings (SSSR count). The van der Waals surface area contributed by atoms with E-state index < -0.39 is 5.41 Å². The van der Waals surface area contributed by atoms with E-state index in [9.17, 15) is 4.79 Å². The molecule has 1 aromatic rings. The average molecular weight is 293 g/mol.